The third-order valence-corrected chi connectivity index (χ3v) is 7.92. The Kier molecular flexibility index (Phi) is 8.46. The Bertz CT molecular complexity index is 2010. The van der Waals surface area contributed by atoms with E-state index in [2.05, 4.69) is 32.6 Å². The van der Waals surface area contributed by atoms with Gasteiger partial charge in [0, 0.05) is 63.2 Å². The van der Waals surface area contributed by atoms with Crippen molar-refractivity contribution in [2.45, 2.75) is 38.4 Å². The highest BCUT2D eigenvalue weighted by molar-refractivity contribution is 6.06. The number of carbonyl (C=O) groups is 1. The molecule has 0 spiro atoms. The molecule has 2 aromatic carbocycles. The first-order valence-corrected chi connectivity index (χ1v) is 14.8. The van der Waals surface area contributed by atoms with Crippen LogP contribution in [0.4, 0.5) is 39.0 Å². The van der Waals surface area contributed by atoms with Crippen molar-refractivity contribution in [3.05, 3.63) is 107 Å². The first-order chi connectivity index (χ1) is 22.3. The summed E-state index contributed by atoms with van der Waals surface area (Å²) in [5.41, 5.74) is 3.10. The van der Waals surface area contributed by atoms with Gasteiger partial charge in [0.05, 0.1) is 34.9 Å². The topological polar surface area (TPSA) is 79.5 Å². The Morgan fingerprint density at radius 1 is 1.02 bits per heavy atom. The highest BCUT2D eigenvalue weighted by Gasteiger charge is 2.37. The van der Waals surface area contributed by atoms with Crippen molar-refractivity contribution in [2.75, 3.05) is 23.7 Å². The van der Waals surface area contributed by atoms with E-state index in [9.17, 15) is 26.7 Å². The van der Waals surface area contributed by atoms with Crippen LogP contribution in [-0.4, -0.2) is 49.0 Å². The zero-order valence-electron chi connectivity index (χ0n) is 25.5. The Morgan fingerprint density at radius 3 is 2.53 bits per heavy atom. The van der Waals surface area contributed by atoms with Gasteiger partial charge in [0.25, 0.3) is 11.8 Å². The van der Waals surface area contributed by atoms with Crippen molar-refractivity contribution in [3.8, 4) is 11.8 Å². The number of nitrogens with zero attached hydrogens (tertiary/aromatic N) is 5. The molecule has 2 N–H and O–H groups in total. The number of aromatic nitrogens is 4. The molecule has 0 unspecified atom stereocenters. The van der Waals surface area contributed by atoms with Gasteiger partial charge in [-0.05, 0) is 60.4 Å². The minimum absolute atomic E-state index is 0.00143. The molecule has 1 aliphatic heterocycles. The van der Waals surface area contributed by atoms with E-state index in [1.807, 2.05) is 38.5 Å². The Hall–Kier alpha value is -5.22. The molecule has 8 nitrogen and oxygen atoms in total. The number of piperidine rings is 1. The molecule has 0 radical (unpaired) electrons. The van der Waals surface area contributed by atoms with Gasteiger partial charge in [-0.25, -0.2) is 13.8 Å². The molecule has 6 rings (SSSR count). The zero-order valence-corrected chi connectivity index (χ0v) is 25.5. The van der Waals surface area contributed by atoms with Crippen LogP contribution >= 0.6 is 0 Å². The summed E-state index contributed by atoms with van der Waals surface area (Å²) < 4.78 is 72.8. The summed E-state index contributed by atoms with van der Waals surface area (Å²) in [4.78, 5) is 19.5. The number of fused-ring (bicyclic) bond motifs is 1. The summed E-state index contributed by atoms with van der Waals surface area (Å²) >= 11 is 0. The number of carbonyl (C=O) groups excluding carboxylic acids is 1. The predicted molar refractivity (Wildman–Crippen MR) is 168 cm³/mol. The SMILES string of the molecule is Cc1ccc(C(=O)Nc2ccc(CN3CCC(F)(F)CC3)c(C(F)(F)F)c2)c(C#Cc2cnc3c(Nc4cnn(C)c4)cccn23)c1. The number of imidazole rings is 1. The fraction of sp³-hybridized carbons (Fsp3) is 0.265. The van der Waals surface area contributed by atoms with Crippen molar-refractivity contribution in [2.24, 2.45) is 7.05 Å². The van der Waals surface area contributed by atoms with Gasteiger partial charge in [-0.15, -0.1) is 0 Å². The van der Waals surface area contributed by atoms with Crippen LogP contribution in [0.2, 0.25) is 0 Å². The number of hydrogen-bond acceptors (Lipinski definition) is 5. The van der Waals surface area contributed by atoms with E-state index in [-0.39, 0.29) is 36.4 Å². The maximum Gasteiger partial charge on any atom is 0.416 e. The van der Waals surface area contributed by atoms with E-state index in [4.69, 9.17) is 0 Å². The molecule has 13 heteroatoms. The summed E-state index contributed by atoms with van der Waals surface area (Å²) in [6.07, 6.45) is 1.44. The van der Waals surface area contributed by atoms with E-state index in [0.29, 0.717) is 16.9 Å². The third-order valence-electron chi connectivity index (χ3n) is 7.92. The van der Waals surface area contributed by atoms with Gasteiger partial charge in [-0.3, -0.25) is 18.8 Å². The average molecular weight is 648 g/mol. The van der Waals surface area contributed by atoms with E-state index >= 15 is 0 Å². The van der Waals surface area contributed by atoms with Crippen LogP contribution in [0.15, 0.2) is 73.3 Å². The molecule has 4 heterocycles. The van der Waals surface area contributed by atoms with Crippen LogP contribution in [0.1, 0.15) is 51.1 Å². The first kappa shape index (κ1) is 31.7. The lowest BCUT2D eigenvalue weighted by Gasteiger charge is -2.32. The summed E-state index contributed by atoms with van der Waals surface area (Å²) in [6, 6.07) is 12.3. The first-order valence-electron chi connectivity index (χ1n) is 14.8. The van der Waals surface area contributed by atoms with Crippen LogP contribution < -0.4 is 10.6 Å². The Morgan fingerprint density at radius 2 is 1.81 bits per heavy atom. The number of nitrogens with one attached hydrogen (secondary N) is 2. The minimum atomic E-state index is -4.71. The lowest BCUT2D eigenvalue weighted by Crippen LogP contribution is -2.39. The number of halogens is 5. The molecule has 5 aromatic rings. The second kappa shape index (κ2) is 12.5. The van der Waals surface area contributed by atoms with Crippen LogP contribution in [-0.2, 0) is 19.8 Å². The average Bonchev–Trinajstić information content (AvgIpc) is 3.63. The van der Waals surface area contributed by atoms with Gasteiger partial charge < -0.3 is 10.6 Å². The standard InChI is InChI=1S/C34H30F5N7O/c1-22-5-10-28(23(16-22)7-9-27-19-40-31-30(4-3-13-46(27)31)42-26-18-41-44(2)21-26)32(47)43-25-8-6-24(29(17-25)34(37,38)39)20-45-14-11-33(35,36)12-15-45/h3-6,8,10,13,16-19,21,42H,11-12,14-15,20H2,1-2H3,(H,43,47). The number of aryl methyl sites for hydroxylation is 2. The number of hydrogen-bond donors (Lipinski definition) is 2. The fourth-order valence-electron chi connectivity index (χ4n) is 5.47. The Labute approximate surface area is 267 Å². The van der Waals surface area contributed by atoms with Gasteiger partial charge in [0.15, 0.2) is 5.65 Å². The van der Waals surface area contributed by atoms with Gasteiger partial charge in [-0.1, -0.05) is 18.1 Å². The van der Waals surface area contributed by atoms with Crippen molar-refractivity contribution in [3.63, 3.8) is 0 Å². The van der Waals surface area contributed by atoms with Crippen molar-refractivity contribution < 1.29 is 26.7 Å². The monoisotopic (exact) mass is 647 g/mol. The third kappa shape index (κ3) is 7.28. The fourth-order valence-corrected chi connectivity index (χ4v) is 5.47. The van der Waals surface area contributed by atoms with Crippen LogP contribution in [0.25, 0.3) is 5.65 Å². The van der Waals surface area contributed by atoms with Gasteiger partial charge >= 0.3 is 6.18 Å². The quantitative estimate of drug-likeness (QED) is 0.153. The van der Waals surface area contributed by atoms with Crippen LogP contribution in [0.3, 0.4) is 0 Å². The lowest BCUT2D eigenvalue weighted by molar-refractivity contribution is -0.138. The molecule has 1 saturated heterocycles. The molecule has 0 aliphatic carbocycles. The number of anilines is 3. The molecule has 3 aromatic heterocycles. The summed E-state index contributed by atoms with van der Waals surface area (Å²) in [5.74, 6) is 2.68. The minimum Gasteiger partial charge on any atom is -0.350 e. The second-order valence-electron chi connectivity index (χ2n) is 11.5. The number of pyridine rings is 1. The number of benzene rings is 2. The molecule has 1 aliphatic rings. The van der Waals surface area contributed by atoms with E-state index in [1.165, 1.54) is 12.1 Å². The summed E-state index contributed by atoms with van der Waals surface area (Å²) in [5, 5.41) is 10.0. The molecular formula is C34H30F5N7O. The van der Waals surface area contributed by atoms with Crippen molar-refractivity contribution in [1.82, 2.24) is 24.1 Å². The lowest BCUT2D eigenvalue weighted by atomic mass is 10.0. The molecule has 0 bridgehead atoms. The number of likely N-dealkylation sites (tertiary alicyclic amines) is 1. The highest BCUT2D eigenvalue weighted by atomic mass is 19.4. The van der Waals surface area contributed by atoms with E-state index in [1.54, 1.807) is 44.6 Å². The maximum absolute atomic E-state index is 14.1. The largest absolute Gasteiger partial charge is 0.416 e. The maximum atomic E-state index is 14.1. The normalized spacial score (nSPS) is 14.9. The van der Waals surface area contributed by atoms with Gasteiger partial charge in [0.1, 0.15) is 5.69 Å². The zero-order chi connectivity index (χ0) is 33.3. The molecular weight excluding hydrogens is 617 g/mol. The smallest absolute Gasteiger partial charge is 0.350 e. The van der Waals surface area contributed by atoms with Gasteiger partial charge in [0.2, 0.25) is 0 Å². The molecule has 1 fully saturated rings. The van der Waals surface area contributed by atoms with E-state index in [0.717, 1.165) is 23.0 Å². The Balaban J connectivity index is 1.23. The molecule has 0 atom stereocenters. The van der Waals surface area contributed by atoms with E-state index < -0.39 is 36.4 Å². The number of alkyl halides is 5. The molecule has 1 amide bonds. The summed E-state index contributed by atoms with van der Waals surface area (Å²) in [7, 11) is 1.82. The summed E-state index contributed by atoms with van der Waals surface area (Å²) in [6.45, 7) is 1.72. The van der Waals surface area contributed by atoms with Crippen LogP contribution in [0, 0.1) is 18.8 Å². The van der Waals surface area contributed by atoms with Crippen LogP contribution in [0.5, 0.6) is 0 Å². The van der Waals surface area contributed by atoms with Crippen molar-refractivity contribution >= 4 is 28.6 Å². The highest BCUT2D eigenvalue weighted by Crippen LogP contribution is 2.36. The molecule has 242 valence electrons. The molecule has 0 saturated carbocycles. The number of rotatable bonds is 6. The van der Waals surface area contributed by atoms with Crippen molar-refractivity contribution in [1.29, 1.82) is 0 Å². The molecule has 47 heavy (non-hydrogen) atoms. The predicted octanol–water partition coefficient (Wildman–Crippen LogP) is 7.02. The number of amides is 1. The van der Waals surface area contributed by atoms with Gasteiger partial charge in [-0.2, -0.15) is 18.3 Å². The second-order valence-corrected chi connectivity index (χ2v) is 11.5.